The number of ether oxygens (including phenoxy) is 1. The van der Waals surface area contributed by atoms with E-state index in [9.17, 15) is 18.0 Å². The number of benzene rings is 1. The van der Waals surface area contributed by atoms with Crippen LogP contribution in [-0.2, 0) is 17.4 Å². The number of hydrogen-bond donors (Lipinski definition) is 0. The monoisotopic (exact) mass is 322 g/mol. The molecule has 1 amide bonds. The summed E-state index contributed by atoms with van der Waals surface area (Å²) in [5.74, 6) is -0.451. The molecule has 2 aromatic rings. The minimum atomic E-state index is -4.57. The Morgan fingerprint density at radius 3 is 2.70 bits per heavy atom. The van der Waals surface area contributed by atoms with E-state index in [1.165, 1.54) is 23.2 Å². The summed E-state index contributed by atoms with van der Waals surface area (Å²) in [5, 5.41) is 0. The lowest BCUT2D eigenvalue weighted by Crippen LogP contribution is -2.31. The van der Waals surface area contributed by atoms with Gasteiger partial charge in [-0.15, -0.1) is 0 Å². The van der Waals surface area contributed by atoms with Crippen LogP contribution in [0.2, 0.25) is 0 Å². The van der Waals surface area contributed by atoms with Crippen LogP contribution in [0.1, 0.15) is 17.5 Å². The van der Waals surface area contributed by atoms with Gasteiger partial charge in [-0.3, -0.25) is 4.79 Å². The molecule has 23 heavy (non-hydrogen) atoms. The van der Waals surface area contributed by atoms with Crippen LogP contribution in [0.4, 0.5) is 18.9 Å². The fourth-order valence-electron chi connectivity index (χ4n) is 2.56. The third kappa shape index (κ3) is 2.86. The molecule has 0 radical (unpaired) electrons. The summed E-state index contributed by atoms with van der Waals surface area (Å²) < 4.78 is 44.6. The normalized spacial score (nSPS) is 14.6. The Kier molecular flexibility index (Phi) is 3.71. The highest BCUT2D eigenvalue weighted by Crippen LogP contribution is 2.41. The fourth-order valence-corrected chi connectivity index (χ4v) is 2.56. The highest BCUT2D eigenvalue weighted by Gasteiger charge is 2.35. The number of carbonyl (C=O) groups is 1. The lowest BCUT2D eigenvalue weighted by molar-refractivity contribution is -0.138. The maximum Gasteiger partial charge on any atom is 0.421 e. The molecule has 0 atom stereocenters. The molecular weight excluding hydrogens is 309 g/mol. The van der Waals surface area contributed by atoms with Gasteiger partial charge in [-0.25, -0.2) is 4.98 Å². The largest absolute Gasteiger partial charge is 0.436 e. The Bertz CT molecular complexity index is 759. The van der Waals surface area contributed by atoms with Gasteiger partial charge in [0.25, 0.3) is 0 Å². The lowest BCUT2D eigenvalue weighted by atomic mass is 10.0. The summed E-state index contributed by atoms with van der Waals surface area (Å²) in [5.41, 5.74) is 0.388. The Morgan fingerprint density at radius 2 is 1.96 bits per heavy atom. The van der Waals surface area contributed by atoms with Gasteiger partial charge < -0.3 is 9.64 Å². The van der Waals surface area contributed by atoms with Crippen molar-refractivity contribution in [3.8, 4) is 11.6 Å². The lowest BCUT2D eigenvalue weighted by Gasteiger charge is -2.27. The Labute approximate surface area is 130 Å². The number of fused-ring (bicyclic) bond motifs is 1. The summed E-state index contributed by atoms with van der Waals surface area (Å²) >= 11 is 0. The number of anilines is 1. The van der Waals surface area contributed by atoms with E-state index in [1.807, 2.05) is 6.07 Å². The molecule has 0 unspecified atom stereocenters. The first-order chi connectivity index (χ1) is 10.9. The molecule has 0 fully saturated rings. The number of amides is 1. The van der Waals surface area contributed by atoms with Gasteiger partial charge in [0, 0.05) is 19.7 Å². The van der Waals surface area contributed by atoms with Crippen molar-refractivity contribution < 1.29 is 22.7 Å². The van der Waals surface area contributed by atoms with Crippen LogP contribution < -0.4 is 9.64 Å². The van der Waals surface area contributed by atoms with Gasteiger partial charge in [-0.1, -0.05) is 12.1 Å². The molecule has 7 heteroatoms. The van der Waals surface area contributed by atoms with Crippen molar-refractivity contribution in [3.05, 3.63) is 47.7 Å². The van der Waals surface area contributed by atoms with Crippen LogP contribution in [0, 0.1) is 0 Å². The van der Waals surface area contributed by atoms with Crippen LogP contribution in [0.3, 0.4) is 0 Å². The molecule has 0 bridgehead atoms. The molecule has 2 heterocycles. The second-order valence-electron chi connectivity index (χ2n) is 5.17. The van der Waals surface area contributed by atoms with E-state index in [-0.39, 0.29) is 11.7 Å². The van der Waals surface area contributed by atoms with Gasteiger partial charge in [0.2, 0.25) is 11.8 Å². The first-order valence-corrected chi connectivity index (χ1v) is 6.96. The van der Waals surface area contributed by atoms with Gasteiger partial charge in [0.1, 0.15) is 5.56 Å². The molecular formula is C16H13F3N2O2. The van der Waals surface area contributed by atoms with Crippen LogP contribution in [0.25, 0.3) is 0 Å². The number of rotatable bonds is 2. The van der Waals surface area contributed by atoms with Gasteiger partial charge in [0.05, 0.1) is 5.69 Å². The first-order valence-electron chi connectivity index (χ1n) is 6.96. The van der Waals surface area contributed by atoms with E-state index in [1.54, 1.807) is 13.1 Å². The predicted molar refractivity (Wildman–Crippen MR) is 77.5 cm³/mol. The summed E-state index contributed by atoms with van der Waals surface area (Å²) in [4.78, 5) is 17.0. The van der Waals surface area contributed by atoms with E-state index >= 15 is 0 Å². The second-order valence-corrected chi connectivity index (χ2v) is 5.17. The summed E-state index contributed by atoms with van der Waals surface area (Å²) in [6, 6.07) is 7.16. The van der Waals surface area contributed by atoms with Crippen molar-refractivity contribution in [1.82, 2.24) is 4.98 Å². The first kappa shape index (κ1) is 15.3. The molecule has 120 valence electrons. The number of aromatic nitrogens is 1. The standard InChI is InChI=1S/C16H13F3N2O2/c1-21-13(22)8-7-10-4-2-6-12(14(10)21)23-15-11(16(17,18)19)5-3-9-20-15/h2-6,9H,7-8H2,1H3. The molecule has 0 spiro atoms. The highest BCUT2D eigenvalue weighted by atomic mass is 19.4. The van der Waals surface area contributed by atoms with E-state index < -0.39 is 17.6 Å². The molecule has 0 N–H and O–H groups in total. The number of halogens is 3. The fraction of sp³-hybridized carbons (Fsp3) is 0.250. The summed E-state index contributed by atoms with van der Waals surface area (Å²) in [6.45, 7) is 0. The number of alkyl halides is 3. The molecule has 4 nitrogen and oxygen atoms in total. The average molecular weight is 322 g/mol. The number of hydrogen-bond acceptors (Lipinski definition) is 3. The number of nitrogens with zero attached hydrogens (tertiary/aromatic N) is 2. The van der Waals surface area contributed by atoms with Crippen LogP contribution in [0.15, 0.2) is 36.5 Å². The van der Waals surface area contributed by atoms with Crippen molar-refractivity contribution in [2.75, 3.05) is 11.9 Å². The molecule has 0 aliphatic carbocycles. The molecule has 3 rings (SSSR count). The number of pyridine rings is 1. The summed E-state index contributed by atoms with van der Waals surface area (Å²) in [7, 11) is 1.58. The van der Waals surface area contributed by atoms with Crippen LogP contribution in [-0.4, -0.2) is 17.9 Å². The SMILES string of the molecule is CN1C(=O)CCc2cccc(Oc3ncccc3C(F)(F)F)c21. The van der Waals surface area contributed by atoms with Crippen LogP contribution in [0.5, 0.6) is 11.6 Å². The van der Waals surface area contributed by atoms with Crippen LogP contribution >= 0.6 is 0 Å². The van der Waals surface area contributed by atoms with Crippen molar-refractivity contribution >= 4 is 11.6 Å². The predicted octanol–water partition coefficient (Wildman–Crippen LogP) is 3.80. The molecule has 1 aliphatic rings. The second kappa shape index (κ2) is 5.57. The third-order valence-electron chi connectivity index (χ3n) is 3.68. The maximum atomic E-state index is 13.0. The van der Waals surface area contributed by atoms with E-state index in [0.29, 0.717) is 18.5 Å². The molecule has 0 saturated heterocycles. The number of para-hydroxylation sites is 1. The Hall–Kier alpha value is -2.57. The zero-order chi connectivity index (χ0) is 16.6. The van der Waals surface area contributed by atoms with Gasteiger partial charge in [-0.2, -0.15) is 13.2 Å². The highest BCUT2D eigenvalue weighted by molar-refractivity contribution is 5.97. The average Bonchev–Trinajstić information content (AvgIpc) is 2.51. The van der Waals surface area contributed by atoms with Crippen molar-refractivity contribution in [2.45, 2.75) is 19.0 Å². The van der Waals surface area contributed by atoms with Crippen molar-refractivity contribution in [2.24, 2.45) is 0 Å². The smallest absolute Gasteiger partial charge is 0.421 e. The van der Waals surface area contributed by atoms with Gasteiger partial charge >= 0.3 is 6.18 Å². The third-order valence-corrected chi connectivity index (χ3v) is 3.68. The van der Waals surface area contributed by atoms with Crippen molar-refractivity contribution in [3.63, 3.8) is 0 Å². The van der Waals surface area contributed by atoms with Gasteiger partial charge in [-0.05, 0) is 30.2 Å². The molecule has 0 saturated carbocycles. The minimum absolute atomic E-state index is 0.106. The molecule has 1 aromatic heterocycles. The van der Waals surface area contributed by atoms with E-state index in [4.69, 9.17) is 4.74 Å². The Morgan fingerprint density at radius 1 is 1.17 bits per heavy atom. The quantitative estimate of drug-likeness (QED) is 0.844. The van der Waals surface area contributed by atoms with Crippen molar-refractivity contribution in [1.29, 1.82) is 0 Å². The summed E-state index contributed by atoms with van der Waals surface area (Å²) in [6.07, 6.45) is -2.44. The Balaban J connectivity index is 2.05. The maximum absolute atomic E-state index is 13.0. The number of carbonyl (C=O) groups excluding carboxylic acids is 1. The van der Waals surface area contributed by atoms with E-state index in [0.717, 1.165) is 11.6 Å². The van der Waals surface area contributed by atoms with E-state index in [2.05, 4.69) is 4.98 Å². The molecule has 1 aromatic carbocycles. The number of aryl methyl sites for hydroxylation is 1. The minimum Gasteiger partial charge on any atom is -0.436 e. The zero-order valence-electron chi connectivity index (χ0n) is 12.2. The zero-order valence-corrected chi connectivity index (χ0v) is 12.2. The topological polar surface area (TPSA) is 42.4 Å². The van der Waals surface area contributed by atoms with Gasteiger partial charge in [0.15, 0.2) is 5.75 Å². The molecule has 1 aliphatic heterocycles.